The Bertz CT molecular complexity index is 162. The van der Waals surface area contributed by atoms with Crippen molar-refractivity contribution in [1.82, 2.24) is 5.32 Å². The molecule has 0 aromatic carbocycles. The van der Waals surface area contributed by atoms with Crippen molar-refractivity contribution in [2.24, 2.45) is 5.41 Å². The fourth-order valence-corrected chi connectivity index (χ4v) is 2.38. The Kier molecular flexibility index (Phi) is 8.46. The molecule has 16 heavy (non-hydrogen) atoms. The smallest absolute Gasteiger partial charge is 0.0564 e. The predicted octanol–water partition coefficient (Wildman–Crippen LogP) is 1.49. The van der Waals surface area contributed by atoms with Crippen molar-refractivity contribution in [3.63, 3.8) is 0 Å². The molecule has 0 bridgehead atoms. The van der Waals surface area contributed by atoms with Crippen LogP contribution in [0.3, 0.4) is 0 Å². The van der Waals surface area contributed by atoms with Gasteiger partial charge < -0.3 is 15.5 Å². The molecule has 4 heteroatoms. The summed E-state index contributed by atoms with van der Waals surface area (Å²) in [5.41, 5.74) is -0.00727. The highest BCUT2D eigenvalue weighted by Gasteiger charge is 2.26. The van der Waals surface area contributed by atoms with Crippen LogP contribution in [0.1, 0.15) is 33.6 Å². The number of nitrogens with one attached hydrogen (secondary N) is 1. The van der Waals surface area contributed by atoms with E-state index in [-0.39, 0.29) is 29.9 Å². The third kappa shape index (κ3) is 4.62. The van der Waals surface area contributed by atoms with Crippen molar-refractivity contribution in [2.45, 2.75) is 44.9 Å². The summed E-state index contributed by atoms with van der Waals surface area (Å²) in [7, 11) is 0. The molecule has 0 aliphatic carbocycles. The van der Waals surface area contributed by atoms with Crippen LogP contribution in [0.2, 0.25) is 0 Å². The Hall–Kier alpha value is 0.230. The minimum absolute atomic E-state index is 0.00727. The van der Waals surface area contributed by atoms with Gasteiger partial charge in [0.15, 0.2) is 0 Å². The maximum Gasteiger partial charge on any atom is 0.0564 e. The van der Waals surface area contributed by atoms with Crippen LogP contribution in [0.25, 0.3) is 0 Å². The van der Waals surface area contributed by atoms with Crippen molar-refractivity contribution in [1.29, 1.82) is 0 Å². The van der Waals surface area contributed by atoms with Crippen molar-refractivity contribution >= 4 is 11.8 Å². The number of thioether (sulfide) groups is 1. The molecule has 98 valence electrons. The SMILES string of the molecule is CCC(CC)(CO)CNC(C)C(CO)SC. The van der Waals surface area contributed by atoms with E-state index in [0.29, 0.717) is 0 Å². The summed E-state index contributed by atoms with van der Waals surface area (Å²) in [5, 5.41) is 22.3. The lowest BCUT2D eigenvalue weighted by molar-refractivity contribution is 0.109. The van der Waals surface area contributed by atoms with Gasteiger partial charge in [-0.05, 0) is 26.0 Å². The van der Waals surface area contributed by atoms with Gasteiger partial charge in [0.2, 0.25) is 0 Å². The molecule has 0 radical (unpaired) electrons. The first-order chi connectivity index (χ1) is 7.59. The van der Waals surface area contributed by atoms with Gasteiger partial charge in [0.25, 0.3) is 0 Å². The van der Waals surface area contributed by atoms with Crippen LogP contribution < -0.4 is 5.32 Å². The first-order valence-corrected chi connectivity index (χ1v) is 7.35. The van der Waals surface area contributed by atoms with E-state index >= 15 is 0 Å². The lowest BCUT2D eigenvalue weighted by atomic mass is 9.83. The Morgan fingerprint density at radius 1 is 1.25 bits per heavy atom. The van der Waals surface area contributed by atoms with Crippen LogP contribution in [0, 0.1) is 5.41 Å². The summed E-state index contributed by atoms with van der Waals surface area (Å²) in [6.45, 7) is 7.55. The quantitative estimate of drug-likeness (QED) is 0.579. The number of aliphatic hydroxyl groups excluding tert-OH is 2. The number of aliphatic hydroxyl groups is 2. The van der Waals surface area contributed by atoms with E-state index in [9.17, 15) is 10.2 Å². The molecule has 0 spiro atoms. The van der Waals surface area contributed by atoms with Gasteiger partial charge in [0.05, 0.1) is 6.61 Å². The standard InChI is InChI=1S/C12H27NO2S/c1-5-12(6-2,9-15)8-13-10(3)11(7-14)16-4/h10-11,13-15H,5-9H2,1-4H3. The average molecular weight is 249 g/mol. The number of rotatable bonds is 9. The fourth-order valence-electron chi connectivity index (χ4n) is 1.73. The molecule has 3 N–H and O–H groups in total. The van der Waals surface area contributed by atoms with Crippen molar-refractivity contribution in [2.75, 3.05) is 26.0 Å². The van der Waals surface area contributed by atoms with Crippen LogP contribution in [0.5, 0.6) is 0 Å². The number of hydrogen-bond acceptors (Lipinski definition) is 4. The molecule has 0 aliphatic rings. The molecule has 0 aromatic heterocycles. The van der Waals surface area contributed by atoms with E-state index in [1.807, 2.05) is 6.26 Å². The summed E-state index contributed by atoms with van der Waals surface area (Å²) in [6.07, 6.45) is 3.96. The van der Waals surface area contributed by atoms with Crippen LogP contribution >= 0.6 is 11.8 Å². The third-order valence-electron chi connectivity index (χ3n) is 3.67. The summed E-state index contributed by atoms with van der Waals surface area (Å²) in [5.74, 6) is 0. The highest BCUT2D eigenvalue weighted by atomic mass is 32.2. The van der Waals surface area contributed by atoms with E-state index < -0.39 is 0 Å². The van der Waals surface area contributed by atoms with Gasteiger partial charge in [-0.15, -0.1) is 0 Å². The second kappa shape index (κ2) is 8.34. The lowest BCUT2D eigenvalue weighted by Gasteiger charge is -2.32. The predicted molar refractivity (Wildman–Crippen MR) is 72.0 cm³/mol. The summed E-state index contributed by atoms with van der Waals surface area (Å²) >= 11 is 1.68. The summed E-state index contributed by atoms with van der Waals surface area (Å²) in [6, 6.07) is 0.268. The van der Waals surface area contributed by atoms with Crippen LogP contribution in [0.15, 0.2) is 0 Å². The maximum atomic E-state index is 9.45. The molecular weight excluding hydrogens is 222 g/mol. The molecule has 0 rings (SSSR count). The zero-order valence-corrected chi connectivity index (χ0v) is 11.8. The van der Waals surface area contributed by atoms with E-state index in [4.69, 9.17) is 0 Å². The lowest BCUT2D eigenvalue weighted by Crippen LogP contribution is -2.45. The van der Waals surface area contributed by atoms with Gasteiger partial charge in [-0.1, -0.05) is 13.8 Å². The van der Waals surface area contributed by atoms with Crippen LogP contribution in [0.4, 0.5) is 0 Å². The average Bonchev–Trinajstić information content (AvgIpc) is 2.33. The van der Waals surface area contributed by atoms with E-state index in [2.05, 4.69) is 26.1 Å². The Morgan fingerprint density at radius 3 is 2.12 bits per heavy atom. The Labute approximate surface area is 104 Å². The fraction of sp³-hybridized carbons (Fsp3) is 1.00. The molecule has 0 heterocycles. The molecule has 2 unspecified atom stereocenters. The van der Waals surface area contributed by atoms with Crippen LogP contribution in [-0.4, -0.2) is 47.5 Å². The normalized spacial score (nSPS) is 16.1. The zero-order valence-electron chi connectivity index (χ0n) is 11.0. The highest BCUT2D eigenvalue weighted by Crippen LogP contribution is 2.25. The van der Waals surface area contributed by atoms with Crippen molar-refractivity contribution < 1.29 is 10.2 Å². The van der Waals surface area contributed by atoms with Gasteiger partial charge in [0, 0.05) is 29.9 Å². The largest absolute Gasteiger partial charge is 0.396 e. The first-order valence-electron chi connectivity index (χ1n) is 6.07. The molecule has 0 aromatic rings. The number of hydrogen-bond donors (Lipinski definition) is 3. The van der Waals surface area contributed by atoms with Gasteiger partial charge >= 0.3 is 0 Å². The third-order valence-corrected chi connectivity index (χ3v) is 4.84. The monoisotopic (exact) mass is 249 g/mol. The molecule has 3 nitrogen and oxygen atoms in total. The topological polar surface area (TPSA) is 52.5 Å². The second-order valence-electron chi connectivity index (χ2n) is 4.49. The zero-order chi connectivity index (χ0) is 12.6. The molecule has 0 amide bonds. The highest BCUT2D eigenvalue weighted by molar-refractivity contribution is 7.99. The Morgan fingerprint density at radius 2 is 1.81 bits per heavy atom. The van der Waals surface area contributed by atoms with Gasteiger partial charge in [-0.25, -0.2) is 0 Å². The molecule has 2 atom stereocenters. The molecular formula is C12H27NO2S. The van der Waals surface area contributed by atoms with Gasteiger partial charge in [-0.3, -0.25) is 0 Å². The van der Waals surface area contributed by atoms with Gasteiger partial charge in [-0.2, -0.15) is 11.8 Å². The first kappa shape index (κ1) is 16.2. The van der Waals surface area contributed by atoms with E-state index in [1.54, 1.807) is 11.8 Å². The minimum Gasteiger partial charge on any atom is -0.396 e. The van der Waals surface area contributed by atoms with Gasteiger partial charge in [0.1, 0.15) is 0 Å². The molecule has 0 aliphatic heterocycles. The van der Waals surface area contributed by atoms with Crippen LogP contribution in [-0.2, 0) is 0 Å². The Balaban J connectivity index is 4.19. The minimum atomic E-state index is -0.00727. The molecule has 0 fully saturated rings. The van der Waals surface area contributed by atoms with Crippen molar-refractivity contribution in [3.05, 3.63) is 0 Å². The summed E-state index contributed by atoms with van der Waals surface area (Å²) in [4.78, 5) is 0. The second-order valence-corrected chi connectivity index (χ2v) is 5.57. The summed E-state index contributed by atoms with van der Waals surface area (Å²) < 4.78 is 0. The van der Waals surface area contributed by atoms with E-state index in [1.165, 1.54) is 0 Å². The van der Waals surface area contributed by atoms with Crippen molar-refractivity contribution in [3.8, 4) is 0 Å². The molecule has 0 saturated carbocycles. The van der Waals surface area contributed by atoms with E-state index in [0.717, 1.165) is 19.4 Å². The molecule has 0 saturated heterocycles. The maximum absolute atomic E-state index is 9.45.